The molecule has 6 nitrogen and oxygen atoms in total. The van der Waals surface area contributed by atoms with Crippen molar-refractivity contribution in [2.45, 2.75) is 25.6 Å². The quantitative estimate of drug-likeness (QED) is 0.689. The van der Waals surface area contributed by atoms with Crippen LogP contribution in [0.1, 0.15) is 19.4 Å². The van der Waals surface area contributed by atoms with E-state index in [-0.39, 0.29) is 6.54 Å². The number of aliphatic hydroxyl groups excluding tert-OH is 1. The zero-order chi connectivity index (χ0) is 15.2. The van der Waals surface area contributed by atoms with Gasteiger partial charge >= 0.3 is 0 Å². The lowest BCUT2D eigenvalue weighted by Crippen LogP contribution is -2.46. The summed E-state index contributed by atoms with van der Waals surface area (Å²) < 4.78 is 5.42. The van der Waals surface area contributed by atoms with Gasteiger partial charge < -0.3 is 20.3 Å². The molecule has 1 amide bonds. The molecule has 0 aliphatic carbocycles. The largest absolute Gasteiger partial charge is 0.480 e. The van der Waals surface area contributed by atoms with Crippen molar-refractivity contribution < 1.29 is 19.7 Å². The average Bonchev–Trinajstić information content (AvgIpc) is 2.45. The van der Waals surface area contributed by atoms with Crippen LogP contribution in [0.2, 0.25) is 0 Å². The minimum atomic E-state index is -1.38. The number of nitriles is 1. The van der Waals surface area contributed by atoms with Gasteiger partial charge in [-0.1, -0.05) is 12.1 Å². The van der Waals surface area contributed by atoms with Crippen LogP contribution in [0.5, 0.6) is 5.75 Å². The number of para-hydroxylation sites is 1. The maximum absolute atomic E-state index is 11.8. The Hall–Kier alpha value is -2.10. The van der Waals surface area contributed by atoms with Crippen LogP contribution in [0.15, 0.2) is 24.3 Å². The zero-order valence-corrected chi connectivity index (χ0v) is 11.5. The SMILES string of the molecule is CC(Oc1ccccc1C#N)C(=O)NCC(C)(O)CO. The van der Waals surface area contributed by atoms with Crippen LogP contribution in [0.4, 0.5) is 0 Å². The minimum Gasteiger partial charge on any atom is -0.480 e. The van der Waals surface area contributed by atoms with E-state index in [1.807, 2.05) is 6.07 Å². The van der Waals surface area contributed by atoms with Gasteiger partial charge in [-0.05, 0) is 26.0 Å². The summed E-state index contributed by atoms with van der Waals surface area (Å²) in [5, 5.41) is 29.9. The fourth-order valence-corrected chi connectivity index (χ4v) is 1.38. The lowest BCUT2D eigenvalue weighted by atomic mass is 10.1. The Morgan fingerprint density at radius 2 is 2.20 bits per heavy atom. The van der Waals surface area contributed by atoms with Gasteiger partial charge in [-0.15, -0.1) is 0 Å². The summed E-state index contributed by atoms with van der Waals surface area (Å²) in [5.74, 6) is -0.113. The van der Waals surface area contributed by atoms with Crippen LogP contribution in [0, 0.1) is 11.3 Å². The Morgan fingerprint density at radius 3 is 2.80 bits per heavy atom. The minimum absolute atomic E-state index is 0.0874. The van der Waals surface area contributed by atoms with Crippen molar-refractivity contribution in [2.24, 2.45) is 0 Å². The van der Waals surface area contributed by atoms with E-state index in [4.69, 9.17) is 15.1 Å². The van der Waals surface area contributed by atoms with Crippen molar-refractivity contribution in [1.29, 1.82) is 5.26 Å². The molecule has 2 unspecified atom stereocenters. The normalized spacial score (nSPS) is 14.8. The number of hydrogen-bond donors (Lipinski definition) is 3. The van der Waals surface area contributed by atoms with Crippen LogP contribution in [-0.4, -0.2) is 41.0 Å². The molecule has 0 bridgehead atoms. The molecule has 1 aromatic carbocycles. The first-order valence-electron chi connectivity index (χ1n) is 6.16. The molecule has 0 heterocycles. The first-order chi connectivity index (χ1) is 9.39. The number of carbonyl (C=O) groups excluding carboxylic acids is 1. The van der Waals surface area contributed by atoms with Crippen LogP contribution >= 0.6 is 0 Å². The van der Waals surface area contributed by atoms with Crippen LogP contribution in [0.25, 0.3) is 0 Å². The van der Waals surface area contributed by atoms with Gasteiger partial charge in [0.05, 0.1) is 12.2 Å². The molecule has 0 aromatic heterocycles. The van der Waals surface area contributed by atoms with E-state index in [9.17, 15) is 9.90 Å². The molecule has 0 saturated carbocycles. The molecular formula is C14H18N2O4. The molecule has 0 fully saturated rings. The van der Waals surface area contributed by atoms with E-state index in [1.165, 1.54) is 13.8 Å². The molecule has 108 valence electrons. The van der Waals surface area contributed by atoms with Crippen molar-refractivity contribution in [2.75, 3.05) is 13.2 Å². The molecular weight excluding hydrogens is 260 g/mol. The third kappa shape index (κ3) is 4.53. The van der Waals surface area contributed by atoms with Gasteiger partial charge in [0.15, 0.2) is 6.10 Å². The van der Waals surface area contributed by atoms with Crippen molar-refractivity contribution in [3.8, 4) is 11.8 Å². The van der Waals surface area contributed by atoms with E-state index in [0.29, 0.717) is 11.3 Å². The van der Waals surface area contributed by atoms with Gasteiger partial charge in [-0.3, -0.25) is 4.79 Å². The van der Waals surface area contributed by atoms with Gasteiger partial charge in [0.1, 0.15) is 17.4 Å². The number of benzene rings is 1. The number of nitrogens with zero attached hydrogens (tertiary/aromatic N) is 1. The summed E-state index contributed by atoms with van der Waals surface area (Å²) in [6.45, 7) is 2.40. The number of amides is 1. The number of nitrogens with one attached hydrogen (secondary N) is 1. The molecule has 0 aliphatic rings. The summed E-state index contributed by atoms with van der Waals surface area (Å²) in [6, 6.07) is 8.58. The highest BCUT2D eigenvalue weighted by Crippen LogP contribution is 2.18. The Labute approximate surface area is 117 Å². The molecule has 0 radical (unpaired) electrons. The fraction of sp³-hybridized carbons (Fsp3) is 0.429. The van der Waals surface area contributed by atoms with Crippen molar-refractivity contribution >= 4 is 5.91 Å². The highest BCUT2D eigenvalue weighted by molar-refractivity contribution is 5.80. The van der Waals surface area contributed by atoms with Gasteiger partial charge in [0, 0.05) is 6.54 Å². The number of aliphatic hydroxyl groups is 2. The van der Waals surface area contributed by atoms with E-state index in [1.54, 1.807) is 24.3 Å². The maximum atomic E-state index is 11.8. The molecule has 0 spiro atoms. The molecule has 2 atom stereocenters. The number of ether oxygens (including phenoxy) is 1. The third-order valence-electron chi connectivity index (χ3n) is 2.66. The Balaban J connectivity index is 2.60. The standard InChI is InChI=1S/C14H18N2O4/c1-10(13(18)16-8-14(2,19)9-17)20-12-6-4-3-5-11(12)7-15/h3-6,10,17,19H,8-9H2,1-2H3,(H,16,18). The summed E-state index contributed by atoms with van der Waals surface area (Å²) in [4.78, 5) is 11.8. The summed E-state index contributed by atoms with van der Waals surface area (Å²) in [6.07, 6.45) is -0.820. The molecule has 1 rings (SSSR count). The van der Waals surface area contributed by atoms with Crippen LogP contribution < -0.4 is 10.1 Å². The second kappa shape index (κ2) is 6.89. The lowest BCUT2D eigenvalue weighted by Gasteiger charge is -2.22. The lowest BCUT2D eigenvalue weighted by molar-refractivity contribution is -0.128. The molecule has 3 N–H and O–H groups in total. The molecule has 1 aromatic rings. The Bertz CT molecular complexity index is 508. The second-order valence-corrected chi connectivity index (χ2v) is 4.74. The fourth-order valence-electron chi connectivity index (χ4n) is 1.38. The number of hydrogen-bond acceptors (Lipinski definition) is 5. The zero-order valence-electron chi connectivity index (χ0n) is 11.5. The molecule has 20 heavy (non-hydrogen) atoms. The van der Waals surface area contributed by atoms with Crippen molar-refractivity contribution in [3.05, 3.63) is 29.8 Å². The molecule has 0 aliphatic heterocycles. The monoisotopic (exact) mass is 278 g/mol. The average molecular weight is 278 g/mol. The van der Waals surface area contributed by atoms with E-state index >= 15 is 0 Å². The molecule has 0 saturated heterocycles. The third-order valence-corrected chi connectivity index (χ3v) is 2.66. The topological polar surface area (TPSA) is 103 Å². The van der Waals surface area contributed by atoms with Gasteiger partial charge in [0.25, 0.3) is 5.91 Å². The number of rotatable bonds is 6. The first-order valence-corrected chi connectivity index (χ1v) is 6.16. The van der Waals surface area contributed by atoms with Crippen molar-refractivity contribution in [1.82, 2.24) is 5.32 Å². The Morgan fingerprint density at radius 1 is 1.55 bits per heavy atom. The highest BCUT2D eigenvalue weighted by atomic mass is 16.5. The van der Waals surface area contributed by atoms with Gasteiger partial charge in [-0.2, -0.15) is 5.26 Å². The molecule has 6 heteroatoms. The van der Waals surface area contributed by atoms with Crippen LogP contribution in [0.3, 0.4) is 0 Å². The second-order valence-electron chi connectivity index (χ2n) is 4.74. The Kier molecular flexibility index (Phi) is 5.50. The smallest absolute Gasteiger partial charge is 0.260 e. The maximum Gasteiger partial charge on any atom is 0.260 e. The highest BCUT2D eigenvalue weighted by Gasteiger charge is 2.22. The predicted octanol–water partition coefficient (Wildman–Crippen LogP) is 0.185. The van der Waals surface area contributed by atoms with E-state index in [2.05, 4.69) is 5.32 Å². The van der Waals surface area contributed by atoms with E-state index in [0.717, 1.165) is 0 Å². The number of carbonyl (C=O) groups is 1. The van der Waals surface area contributed by atoms with Crippen LogP contribution in [-0.2, 0) is 4.79 Å². The van der Waals surface area contributed by atoms with Gasteiger partial charge in [-0.25, -0.2) is 0 Å². The summed E-state index contributed by atoms with van der Waals surface area (Å²) >= 11 is 0. The van der Waals surface area contributed by atoms with Gasteiger partial charge in [0.2, 0.25) is 0 Å². The summed E-state index contributed by atoms with van der Waals surface area (Å²) in [7, 11) is 0. The summed E-state index contributed by atoms with van der Waals surface area (Å²) in [5.41, 5.74) is -1.03. The first kappa shape index (κ1) is 16.0. The van der Waals surface area contributed by atoms with Crippen molar-refractivity contribution in [3.63, 3.8) is 0 Å². The predicted molar refractivity (Wildman–Crippen MR) is 72.0 cm³/mol. The van der Waals surface area contributed by atoms with E-state index < -0.39 is 24.2 Å².